The molecule has 0 aliphatic rings. The predicted octanol–water partition coefficient (Wildman–Crippen LogP) is -0.902. The third kappa shape index (κ3) is 0.466. The summed E-state index contributed by atoms with van der Waals surface area (Å²) in [5, 5.41) is 14.8. The van der Waals surface area contributed by atoms with Crippen LogP contribution in [-0.4, -0.2) is 20.4 Å². The first-order valence-corrected chi connectivity index (χ1v) is 1.66. The van der Waals surface area contributed by atoms with E-state index < -0.39 is 0 Å². The fourth-order valence-corrected chi connectivity index (χ4v) is 0.237. The van der Waals surface area contributed by atoms with E-state index in [0.717, 1.165) is 0 Å². The lowest BCUT2D eigenvalue weighted by molar-refractivity contribution is 0.149. The van der Waals surface area contributed by atoms with Gasteiger partial charge in [0.25, 0.3) is 0 Å². The number of nitrogens with two attached hydrogens (primary N) is 1. The maximum absolute atomic E-state index is 8.38. The van der Waals surface area contributed by atoms with E-state index in [1.807, 2.05) is 0 Å². The molecule has 0 aliphatic heterocycles. The maximum atomic E-state index is 8.38. The molecule has 0 saturated carbocycles. The van der Waals surface area contributed by atoms with Crippen LogP contribution in [0.15, 0.2) is 6.20 Å². The number of nitrogens with zero attached hydrogens (tertiary/aromatic N) is 3. The smallest absolute Gasteiger partial charge is 0.183 e. The van der Waals surface area contributed by atoms with Gasteiger partial charge < -0.3 is 10.9 Å². The van der Waals surface area contributed by atoms with Crippen LogP contribution in [0.2, 0.25) is 0 Å². The highest BCUT2D eigenvalue weighted by Crippen LogP contribution is 1.88. The normalized spacial score (nSPS) is 9.14. The van der Waals surface area contributed by atoms with Crippen molar-refractivity contribution in [3.63, 3.8) is 0 Å². The van der Waals surface area contributed by atoms with Crippen LogP contribution >= 0.6 is 0 Å². The van der Waals surface area contributed by atoms with Gasteiger partial charge in [-0.3, -0.25) is 0 Å². The number of hydrogen-bond donors (Lipinski definition) is 2. The van der Waals surface area contributed by atoms with Crippen LogP contribution in [0, 0.1) is 0 Å². The quantitative estimate of drug-likeness (QED) is 0.414. The Morgan fingerprint density at radius 1 is 1.86 bits per heavy atom. The highest BCUT2D eigenvalue weighted by atomic mass is 16.5. The first-order chi connectivity index (χ1) is 3.30. The number of hydrogen-bond acceptors (Lipinski definition) is 4. The van der Waals surface area contributed by atoms with Crippen LogP contribution in [-0.2, 0) is 0 Å². The summed E-state index contributed by atoms with van der Waals surface area (Å²) in [6.07, 6.45) is 1.25. The van der Waals surface area contributed by atoms with Gasteiger partial charge in [-0.1, -0.05) is 4.85 Å². The van der Waals surface area contributed by atoms with Crippen LogP contribution in [0.5, 0.6) is 0 Å². The molecule has 0 atom stereocenters. The molecule has 1 heterocycles. The van der Waals surface area contributed by atoms with E-state index in [4.69, 9.17) is 10.9 Å². The van der Waals surface area contributed by atoms with Crippen molar-refractivity contribution in [2.75, 3.05) is 5.73 Å². The second-order valence-electron chi connectivity index (χ2n) is 1.05. The molecule has 5 heteroatoms. The van der Waals surface area contributed by atoms with Gasteiger partial charge >= 0.3 is 0 Å². The van der Waals surface area contributed by atoms with Crippen LogP contribution in [0.1, 0.15) is 0 Å². The summed E-state index contributed by atoms with van der Waals surface area (Å²) >= 11 is 0. The number of aromatic nitrogens is 3. The van der Waals surface area contributed by atoms with Gasteiger partial charge in [-0.25, -0.2) is 0 Å². The summed E-state index contributed by atoms with van der Waals surface area (Å²) in [7, 11) is 0. The third-order valence-corrected chi connectivity index (χ3v) is 0.557. The van der Waals surface area contributed by atoms with Gasteiger partial charge in [0.15, 0.2) is 5.82 Å². The molecule has 0 radical (unpaired) electrons. The van der Waals surface area contributed by atoms with Crippen molar-refractivity contribution in [3.8, 4) is 0 Å². The van der Waals surface area contributed by atoms with Gasteiger partial charge in [-0.2, -0.15) is 0 Å². The highest BCUT2D eigenvalue weighted by Gasteiger charge is 1.89. The molecule has 5 nitrogen and oxygen atoms in total. The summed E-state index contributed by atoms with van der Waals surface area (Å²) in [5.41, 5.74) is 5.03. The lowest BCUT2D eigenvalue weighted by Gasteiger charge is -1.83. The third-order valence-electron chi connectivity index (χ3n) is 0.557. The zero-order valence-electron chi connectivity index (χ0n) is 3.44. The standard InChI is InChI=1S/C2H4N4O/c3-2-1-4-5-6(2)7/h1,7H,3H2. The molecular formula is C2H4N4O. The molecule has 0 spiro atoms. The molecule has 1 rings (SSSR count). The monoisotopic (exact) mass is 100 g/mol. The van der Waals surface area contributed by atoms with E-state index >= 15 is 0 Å². The predicted molar refractivity (Wildman–Crippen MR) is 21.6 cm³/mol. The second-order valence-corrected chi connectivity index (χ2v) is 1.05. The Bertz CT molecular complexity index is 142. The molecule has 0 unspecified atom stereocenters. The fourth-order valence-electron chi connectivity index (χ4n) is 0.237. The van der Waals surface area contributed by atoms with Crippen LogP contribution < -0.4 is 5.73 Å². The zero-order chi connectivity index (χ0) is 5.28. The summed E-state index contributed by atoms with van der Waals surface area (Å²) < 4.78 is 0. The van der Waals surface area contributed by atoms with Crippen molar-refractivity contribution in [3.05, 3.63) is 6.20 Å². The molecule has 0 bridgehead atoms. The van der Waals surface area contributed by atoms with Crippen LogP contribution in [0.25, 0.3) is 0 Å². The zero-order valence-corrected chi connectivity index (χ0v) is 3.44. The van der Waals surface area contributed by atoms with E-state index in [1.165, 1.54) is 6.20 Å². The number of rotatable bonds is 0. The first-order valence-electron chi connectivity index (χ1n) is 1.66. The van der Waals surface area contributed by atoms with Gasteiger partial charge in [-0.05, 0) is 5.21 Å². The average Bonchev–Trinajstić information content (AvgIpc) is 1.91. The lowest BCUT2D eigenvalue weighted by Crippen LogP contribution is -1.97. The van der Waals surface area contributed by atoms with Crippen LogP contribution in [0.4, 0.5) is 5.82 Å². The van der Waals surface area contributed by atoms with Gasteiger partial charge in [-0.15, -0.1) is 5.10 Å². The molecule has 7 heavy (non-hydrogen) atoms. The SMILES string of the molecule is Nc1cnnn1O. The van der Waals surface area contributed by atoms with E-state index in [9.17, 15) is 0 Å². The van der Waals surface area contributed by atoms with Gasteiger partial charge in [0.2, 0.25) is 0 Å². The summed E-state index contributed by atoms with van der Waals surface area (Å²) in [6.45, 7) is 0. The Hall–Kier alpha value is -1.26. The van der Waals surface area contributed by atoms with E-state index in [0.29, 0.717) is 4.85 Å². The molecule has 3 N–H and O–H groups in total. The minimum absolute atomic E-state index is 0.139. The lowest BCUT2D eigenvalue weighted by atomic mass is 10.8. The minimum Gasteiger partial charge on any atom is -0.409 e. The Kier molecular flexibility index (Phi) is 0.619. The van der Waals surface area contributed by atoms with Gasteiger partial charge in [0.1, 0.15) is 0 Å². The molecule has 0 saturated heterocycles. The Morgan fingerprint density at radius 3 is 2.71 bits per heavy atom. The first kappa shape index (κ1) is 3.91. The van der Waals surface area contributed by atoms with Gasteiger partial charge in [0, 0.05) is 0 Å². The minimum atomic E-state index is 0.139. The Labute approximate surface area is 39.3 Å². The fraction of sp³-hybridized carbons (Fsp3) is 0. The summed E-state index contributed by atoms with van der Waals surface area (Å²) in [5.74, 6) is 0.139. The largest absolute Gasteiger partial charge is 0.409 e. The topological polar surface area (TPSA) is 77.0 Å². The molecule has 38 valence electrons. The van der Waals surface area contributed by atoms with Crippen molar-refractivity contribution >= 4 is 5.82 Å². The molecular weight excluding hydrogens is 96.0 g/mol. The number of nitrogen functional groups attached to an aromatic ring is 1. The van der Waals surface area contributed by atoms with Crippen molar-refractivity contribution in [1.82, 2.24) is 15.2 Å². The molecule has 1 aromatic rings. The van der Waals surface area contributed by atoms with E-state index in [-0.39, 0.29) is 5.82 Å². The summed E-state index contributed by atoms with van der Waals surface area (Å²) in [6, 6.07) is 0. The van der Waals surface area contributed by atoms with Crippen molar-refractivity contribution in [2.45, 2.75) is 0 Å². The van der Waals surface area contributed by atoms with E-state index in [1.54, 1.807) is 0 Å². The van der Waals surface area contributed by atoms with E-state index in [2.05, 4.69) is 10.3 Å². The van der Waals surface area contributed by atoms with Crippen molar-refractivity contribution in [2.24, 2.45) is 0 Å². The van der Waals surface area contributed by atoms with Crippen molar-refractivity contribution < 1.29 is 5.21 Å². The van der Waals surface area contributed by atoms with Gasteiger partial charge in [0.05, 0.1) is 6.20 Å². The average molecular weight is 100 g/mol. The molecule has 0 aromatic carbocycles. The molecule has 0 fully saturated rings. The molecule has 0 amide bonds. The Balaban J connectivity index is 3.12. The highest BCUT2D eigenvalue weighted by molar-refractivity contribution is 5.19. The molecule has 0 aliphatic carbocycles. The molecule has 1 aromatic heterocycles. The second kappa shape index (κ2) is 1.11. The summed E-state index contributed by atoms with van der Waals surface area (Å²) in [4.78, 5) is 0.500. The number of anilines is 1. The van der Waals surface area contributed by atoms with Crippen molar-refractivity contribution in [1.29, 1.82) is 0 Å². The Morgan fingerprint density at radius 2 is 2.57 bits per heavy atom. The maximum Gasteiger partial charge on any atom is 0.183 e. The van der Waals surface area contributed by atoms with Crippen LogP contribution in [0.3, 0.4) is 0 Å².